The molecule has 2 N–H and O–H groups in total. The van der Waals surface area contributed by atoms with Crippen LogP contribution in [-0.2, 0) is 11.3 Å². The molecule has 0 fully saturated rings. The third-order valence-corrected chi connectivity index (χ3v) is 2.73. The van der Waals surface area contributed by atoms with Crippen LogP contribution >= 0.6 is 0 Å². The van der Waals surface area contributed by atoms with Crippen molar-refractivity contribution in [3.8, 4) is 0 Å². The molecule has 7 heteroatoms. The standard InChI is InChI=1S/C12H15N5O2/c1-7-14-5-4-9(15-7)6-17-8(2)16-10(11(17)13)12(18)19-3/h4-5H,6,13H2,1-3H3. The Morgan fingerprint density at radius 3 is 2.79 bits per heavy atom. The molecular formula is C12H15N5O2. The van der Waals surface area contributed by atoms with Crippen molar-refractivity contribution in [3.05, 3.63) is 35.3 Å². The van der Waals surface area contributed by atoms with Gasteiger partial charge >= 0.3 is 5.97 Å². The highest BCUT2D eigenvalue weighted by Gasteiger charge is 2.19. The lowest BCUT2D eigenvalue weighted by Gasteiger charge is -2.07. The minimum absolute atomic E-state index is 0.130. The maximum Gasteiger partial charge on any atom is 0.360 e. The number of nitrogen functional groups attached to an aromatic ring is 1. The first kappa shape index (κ1) is 13.0. The van der Waals surface area contributed by atoms with Crippen molar-refractivity contribution in [3.63, 3.8) is 0 Å². The van der Waals surface area contributed by atoms with E-state index in [4.69, 9.17) is 5.73 Å². The Kier molecular flexibility index (Phi) is 3.46. The van der Waals surface area contributed by atoms with Crippen LogP contribution in [-0.4, -0.2) is 32.6 Å². The van der Waals surface area contributed by atoms with E-state index in [-0.39, 0.29) is 11.5 Å². The molecule has 2 rings (SSSR count). The smallest absolute Gasteiger partial charge is 0.360 e. The molecule has 0 unspecified atom stereocenters. The zero-order valence-corrected chi connectivity index (χ0v) is 11.0. The minimum atomic E-state index is -0.543. The quantitative estimate of drug-likeness (QED) is 0.817. The lowest BCUT2D eigenvalue weighted by Crippen LogP contribution is -2.10. The van der Waals surface area contributed by atoms with E-state index >= 15 is 0 Å². The maximum absolute atomic E-state index is 11.5. The third kappa shape index (κ3) is 2.54. The van der Waals surface area contributed by atoms with Gasteiger partial charge in [0.1, 0.15) is 17.5 Å². The summed E-state index contributed by atoms with van der Waals surface area (Å²) in [5, 5.41) is 0. The van der Waals surface area contributed by atoms with E-state index in [1.807, 2.05) is 6.92 Å². The van der Waals surface area contributed by atoms with Crippen LogP contribution < -0.4 is 5.73 Å². The third-order valence-electron chi connectivity index (χ3n) is 2.73. The number of aryl methyl sites for hydroxylation is 2. The number of rotatable bonds is 3. The first-order valence-electron chi connectivity index (χ1n) is 5.72. The molecule has 2 heterocycles. The van der Waals surface area contributed by atoms with Crippen LogP contribution in [0.3, 0.4) is 0 Å². The van der Waals surface area contributed by atoms with Crippen molar-refractivity contribution < 1.29 is 9.53 Å². The number of nitrogens with zero attached hydrogens (tertiary/aromatic N) is 4. The Labute approximate surface area is 110 Å². The predicted octanol–water partition coefficient (Wildman–Crippen LogP) is 0.707. The van der Waals surface area contributed by atoms with E-state index in [0.29, 0.717) is 18.2 Å². The summed E-state index contributed by atoms with van der Waals surface area (Å²) in [5.41, 5.74) is 6.86. The maximum atomic E-state index is 11.5. The summed E-state index contributed by atoms with van der Waals surface area (Å²) in [5.74, 6) is 1.05. The van der Waals surface area contributed by atoms with Gasteiger partial charge in [-0.25, -0.2) is 19.7 Å². The van der Waals surface area contributed by atoms with Crippen LogP contribution in [0.15, 0.2) is 12.3 Å². The summed E-state index contributed by atoms with van der Waals surface area (Å²) in [6, 6.07) is 1.80. The molecular weight excluding hydrogens is 246 g/mol. The number of hydrogen-bond donors (Lipinski definition) is 1. The Balaban J connectivity index is 2.36. The van der Waals surface area contributed by atoms with Crippen molar-refractivity contribution in [2.45, 2.75) is 20.4 Å². The second-order valence-electron chi connectivity index (χ2n) is 4.07. The molecule has 2 aromatic rings. The molecule has 0 radical (unpaired) electrons. The Morgan fingerprint density at radius 2 is 2.16 bits per heavy atom. The van der Waals surface area contributed by atoms with E-state index in [9.17, 15) is 4.79 Å². The molecule has 19 heavy (non-hydrogen) atoms. The van der Waals surface area contributed by atoms with Gasteiger partial charge in [0.05, 0.1) is 19.3 Å². The largest absolute Gasteiger partial charge is 0.464 e. The number of imidazole rings is 1. The van der Waals surface area contributed by atoms with E-state index in [0.717, 1.165) is 5.69 Å². The number of nitrogens with two attached hydrogens (primary N) is 1. The molecule has 0 atom stereocenters. The average molecular weight is 261 g/mol. The fourth-order valence-corrected chi connectivity index (χ4v) is 1.78. The van der Waals surface area contributed by atoms with E-state index in [1.165, 1.54) is 7.11 Å². The number of esters is 1. The predicted molar refractivity (Wildman–Crippen MR) is 68.6 cm³/mol. The van der Waals surface area contributed by atoms with Gasteiger partial charge in [0, 0.05) is 6.20 Å². The topological polar surface area (TPSA) is 95.9 Å². The van der Waals surface area contributed by atoms with E-state index < -0.39 is 5.97 Å². The fraction of sp³-hybridized carbons (Fsp3) is 0.333. The number of carbonyl (C=O) groups is 1. The molecule has 0 saturated heterocycles. The number of carbonyl (C=O) groups excluding carboxylic acids is 1. The summed E-state index contributed by atoms with van der Waals surface area (Å²) in [6.45, 7) is 4.02. The van der Waals surface area contributed by atoms with Crippen molar-refractivity contribution in [1.29, 1.82) is 0 Å². The van der Waals surface area contributed by atoms with Crippen LogP contribution in [0.5, 0.6) is 0 Å². The highest BCUT2D eigenvalue weighted by molar-refractivity contribution is 5.92. The molecule has 0 aromatic carbocycles. The Morgan fingerprint density at radius 1 is 1.42 bits per heavy atom. The van der Waals surface area contributed by atoms with Gasteiger partial charge in [0.25, 0.3) is 0 Å². The fourth-order valence-electron chi connectivity index (χ4n) is 1.78. The molecule has 7 nitrogen and oxygen atoms in total. The number of methoxy groups -OCH3 is 1. The minimum Gasteiger partial charge on any atom is -0.464 e. The molecule has 100 valence electrons. The van der Waals surface area contributed by atoms with Crippen LogP contribution in [0, 0.1) is 13.8 Å². The van der Waals surface area contributed by atoms with E-state index in [2.05, 4.69) is 19.7 Å². The summed E-state index contributed by atoms with van der Waals surface area (Å²) in [6.07, 6.45) is 1.68. The number of aromatic nitrogens is 4. The van der Waals surface area contributed by atoms with Gasteiger partial charge in [-0.1, -0.05) is 0 Å². The van der Waals surface area contributed by atoms with Crippen molar-refractivity contribution in [2.75, 3.05) is 12.8 Å². The van der Waals surface area contributed by atoms with E-state index in [1.54, 1.807) is 23.8 Å². The van der Waals surface area contributed by atoms with Gasteiger partial charge in [0.2, 0.25) is 0 Å². The van der Waals surface area contributed by atoms with Gasteiger partial charge in [-0.05, 0) is 19.9 Å². The molecule has 0 saturated carbocycles. The number of hydrogen-bond acceptors (Lipinski definition) is 6. The summed E-state index contributed by atoms with van der Waals surface area (Å²) < 4.78 is 6.35. The van der Waals surface area contributed by atoms with Crippen molar-refractivity contribution in [1.82, 2.24) is 19.5 Å². The number of anilines is 1. The summed E-state index contributed by atoms with van der Waals surface area (Å²) >= 11 is 0. The van der Waals surface area contributed by atoms with Gasteiger partial charge in [-0.15, -0.1) is 0 Å². The molecule has 0 aliphatic heterocycles. The lowest BCUT2D eigenvalue weighted by molar-refractivity contribution is 0.0595. The second-order valence-corrected chi connectivity index (χ2v) is 4.07. The summed E-state index contributed by atoms with van der Waals surface area (Å²) in [7, 11) is 1.30. The normalized spacial score (nSPS) is 10.5. The van der Waals surface area contributed by atoms with Crippen LogP contribution in [0.4, 0.5) is 5.82 Å². The molecule has 0 bridgehead atoms. The SMILES string of the molecule is COC(=O)c1nc(C)n(Cc2ccnc(C)n2)c1N. The average Bonchev–Trinajstić information content (AvgIpc) is 2.66. The first-order valence-corrected chi connectivity index (χ1v) is 5.72. The zero-order valence-electron chi connectivity index (χ0n) is 11.0. The highest BCUT2D eigenvalue weighted by atomic mass is 16.5. The van der Waals surface area contributed by atoms with Crippen LogP contribution in [0.1, 0.15) is 27.8 Å². The molecule has 0 spiro atoms. The monoisotopic (exact) mass is 261 g/mol. The molecule has 0 amide bonds. The first-order chi connectivity index (χ1) is 9.02. The Bertz CT molecular complexity index is 621. The second kappa shape index (κ2) is 5.05. The Hall–Kier alpha value is -2.44. The number of ether oxygens (including phenoxy) is 1. The van der Waals surface area contributed by atoms with Gasteiger partial charge < -0.3 is 15.0 Å². The van der Waals surface area contributed by atoms with Crippen LogP contribution in [0.2, 0.25) is 0 Å². The van der Waals surface area contributed by atoms with Crippen molar-refractivity contribution >= 4 is 11.8 Å². The molecule has 0 aliphatic carbocycles. The molecule has 0 aliphatic rings. The van der Waals surface area contributed by atoms with Gasteiger partial charge in [0.15, 0.2) is 5.69 Å². The molecule has 2 aromatic heterocycles. The lowest BCUT2D eigenvalue weighted by atomic mass is 10.3. The van der Waals surface area contributed by atoms with Crippen molar-refractivity contribution in [2.24, 2.45) is 0 Å². The van der Waals surface area contributed by atoms with Gasteiger partial charge in [-0.2, -0.15) is 0 Å². The van der Waals surface area contributed by atoms with Crippen LogP contribution in [0.25, 0.3) is 0 Å². The summed E-state index contributed by atoms with van der Waals surface area (Å²) in [4.78, 5) is 23.9. The van der Waals surface area contributed by atoms with Gasteiger partial charge in [-0.3, -0.25) is 0 Å². The zero-order chi connectivity index (χ0) is 14.0. The highest BCUT2D eigenvalue weighted by Crippen LogP contribution is 2.16.